The Labute approximate surface area is 172 Å². The van der Waals surface area contributed by atoms with Crippen molar-refractivity contribution >= 4 is 11.9 Å². The van der Waals surface area contributed by atoms with E-state index in [1.54, 1.807) is 12.4 Å². The van der Waals surface area contributed by atoms with Crippen LogP contribution in [0.4, 0.5) is 13.2 Å². The second kappa shape index (κ2) is 9.74. The molecule has 1 amide bonds. The molecule has 1 aromatic heterocycles. The van der Waals surface area contributed by atoms with Crippen LogP contribution >= 0.6 is 0 Å². The fourth-order valence-electron chi connectivity index (χ4n) is 3.88. The summed E-state index contributed by atoms with van der Waals surface area (Å²) in [6.07, 6.45) is 3.86. The highest BCUT2D eigenvalue weighted by Gasteiger charge is 2.48. The Morgan fingerprint density at radius 1 is 1.20 bits per heavy atom. The van der Waals surface area contributed by atoms with Crippen LogP contribution in [0.15, 0.2) is 24.5 Å². The van der Waals surface area contributed by atoms with E-state index >= 15 is 0 Å². The fourth-order valence-corrected chi connectivity index (χ4v) is 3.88. The lowest BCUT2D eigenvalue weighted by Crippen LogP contribution is -2.46. The predicted molar refractivity (Wildman–Crippen MR) is 98.3 cm³/mol. The maximum atomic E-state index is 12.7. The number of hydrogen-bond donors (Lipinski definition) is 1. The normalized spacial score (nSPS) is 26.2. The molecule has 1 saturated carbocycles. The number of carbonyl (C=O) groups is 2. The summed E-state index contributed by atoms with van der Waals surface area (Å²) in [5.41, 5.74) is 1.11. The average molecular weight is 430 g/mol. The van der Waals surface area contributed by atoms with E-state index in [1.165, 1.54) is 6.42 Å². The molecular formula is C20H25F3N2O5. The van der Waals surface area contributed by atoms with Crippen LogP contribution in [0.3, 0.4) is 0 Å². The van der Waals surface area contributed by atoms with Gasteiger partial charge in [0.15, 0.2) is 0 Å². The Balaban J connectivity index is 0.000000318. The maximum Gasteiger partial charge on any atom is 0.490 e. The number of pyridine rings is 1. The minimum absolute atomic E-state index is 0.0162. The predicted octanol–water partition coefficient (Wildman–Crippen LogP) is 2.79. The SMILES string of the molecule is O=C(C1CCC1)N1C[C@@H](OCc2ccncc2)[C@H]2OCCC[C@H]21.O=C(O)C(F)(F)F. The summed E-state index contributed by atoms with van der Waals surface area (Å²) in [4.78, 5) is 27.7. The number of likely N-dealkylation sites (tertiary alicyclic amines) is 1. The van der Waals surface area contributed by atoms with Crippen molar-refractivity contribution in [1.82, 2.24) is 9.88 Å². The Morgan fingerprint density at radius 3 is 2.43 bits per heavy atom. The monoisotopic (exact) mass is 430 g/mol. The standard InChI is InChI=1S/C18H24N2O3.C2HF3O2/c21-18(14-3-1-4-14)20-11-16(17-15(20)5-2-10-22-17)23-12-13-6-8-19-9-7-13;3-2(4,5)1(6)7/h6-9,14-17H,1-5,10-12H2;(H,6,7)/t15-,16-,17+;/m1./s1. The molecule has 7 nitrogen and oxygen atoms in total. The van der Waals surface area contributed by atoms with Crippen molar-refractivity contribution < 1.29 is 37.3 Å². The van der Waals surface area contributed by atoms with Gasteiger partial charge < -0.3 is 19.5 Å². The van der Waals surface area contributed by atoms with E-state index in [9.17, 15) is 18.0 Å². The molecule has 1 N–H and O–H groups in total. The molecule has 3 aliphatic rings. The number of amides is 1. The topological polar surface area (TPSA) is 89.0 Å². The summed E-state index contributed by atoms with van der Waals surface area (Å²) in [7, 11) is 0. The van der Waals surface area contributed by atoms with E-state index < -0.39 is 12.1 Å². The summed E-state index contributed by atoms with van der Waals surface area (Å²) >= 11 is 0. The molecular weight excluding hydrogens is 405 g/mol. The van der Waals surface area contributed by atoms with E-state index in [0.717, 1.165) is 37.9 Å². The second-order valence-electron chi connectivity index (χ2n) is 7.67. The first-order valence-corrected chi connectivity index (χ1v) is 10.00. The summed E-state index contributed by atoms with van der Waals surface area (Å²) in [6, 6.07) is 4.14. The molecule has 10 heteroatoms. The Morgan fingerprint density at radius 2 is 1.87 bits per heavy atom. The highest BCUT2D eigenvalue weighted by molar-refractivity contribution is 5.80. The zero-order chi connectivity index (χ0) is 21.7. The number of carboxylic acids is 1. The molecule has 0 bridgehead atoms. The smallest absolute Gasteiger partial charge is 0.475 e. The maximum absolute atomic E-state index is 12.7. The molecule has 0 unspecified atom stereocenters. The number of hydrogen-bond acceptors (Lipinski definition) is 5. The molecule has 3 fully saturated rings. The zero-order valence-corrected chi connectivity index (χ0v) is 16.4. The lowest BCUT2D eigenvalue weighted by Gasteiger charge is -2.35. The van der Waals surface area contributed by atoms with Gasteiger partial charge in [0, 0.05) is 31.5 Å². The molecule has 2 aliphatic heterocycles. The van der Waals surface area contributed by atoms with Gasteiger partial charge in [-0.05, 0) is 43.4 Å². The summed E-state index contributed by atoms with van der Waals surface area (Å²) in [5.74, 6) is -2.18. The van der Waals surface area contributed by atoms with E-state index in [4.69, 9.17) is 19.4 Å². The van der Waals surface area contributed by atoms with Gasteiger partial charge in [0.25, 0.3) is 0 Å². The lowest BCUT2D eigenvalue weighted by atomic mass is 9.84. The molecule has 4 rings (SSSR count). The number of aromatic nitrogens is 1. The molecule has 0 spiro atoms. The summed E-state index contributed by atoms with van der Waals surface area (Å²) < 4.78 is 43.8. The molecule has 3 heterocycles. The first-order chi connectivity index (χ1) is 14.3. The highest BCUT2D eigenvalue weighted by Crippen LogP contribution is 2.36. The van der Waals surface area contributed by atoms with E-state index in [-0.39, 0.29) is 24.2 Å². The number of ether oxygens (including phenoxy) is 2. The van der Waals surface area contributed by atoms with Crippen molar-refractivity contribution in [1.29, 1.82) is 0 Å². The van der Waals surface area contributed by atoms with Crippen molar-refractivity contribution in [2.24, 2.45) is 5.92 Å². The van der Waals surface area contributed by atoms with Gasteiger partial charge in [0.2, 0.25) is 5.91 Å². The van der Waals surface area contributed by atoms with Crippen LogP contribution in [-0.4, -0.2) is 64.4 Å². The van der Waals surface area contributed by atoms with Gasteiger partial charge >= 0.3 is 12.1 Å². The number of carbonyl (C=O) groups excluding carboxylic acids is 1. The van der Waals surface area contributed by atoms with Crippen molar-refractivity contribution in [2.45, 2.75) is 63.1 Å². The number of carboxylic acid groups (broad SMARTS) is 1. The van der Waals surface area contributed by atoms with Gasteiger partial charge in [-0.25, -0.2) is 4.79 Å². The quantitative estimate of drug-likeness (QED) is 0.790. The van der Waals surface area contributed by atoms with E-state index in [0.29, 0.717) is 19.1 Å². The molecule has 0 radical (unpaired) electrons. The third-order valence-electron chi connectivity index (χ3n) is 5.67. The van der Waals surface area contributed by atoms with Crippen LogP contribution in [0.1, 0.15) is 37.7 Å². The Bertz CT molecular complexity index is 727. The van der Waals surface area contributed by atoms with Crippen molar-refractivity contribution in [3.8, 4) is 0 Å². The number of aliphatic carboxylic acids is 1. The average Bonchev–Trinajstić information content (AvgIpc) is 3.04. The highest BCUT2D eigenvalue weighted by atomic mass is 19.4. The first-order valence-electron chi connectivity index (χ1n) is 10.00. The van der Waals surface area contributed by atoms with E-state index in [1.807, 2.05) is 12.1 Å². The molecule has 3 atom stereocenters. The van der Waals surface area contributed by atoms with Crippen LogP contribution in [0.5, 0.6) is 0 Å². The molecule has 30 heavy (non-hydrogen) atoms. The van der Waals surface area contributed by atoms with Gasteiger partial charge in [0.1, 0.15) is 12.2 Å². The van der Waals surface area contributed by atoms with E-state index in [2.05, 4.69) is 9.88 Å². The van der Waals surface area contributed by atoms with Gasteiger partial charge in [-0.2, -0.15) is 13.2 Å². The largest absolute Gasteiger partial charge is 0.490 e. The van der Waals surface area contributed by atoms with Gasteiger partial charge in [0.05, 0.1) is 12.6 Å². The molecule has 166 valence electrons. The van der Waals surface area contributed by atoms with Crippen molar-refractivity contribution in [3.63, 3.8) is 0 Å². The van der Waals surface area contributed by atoms with Crippen molar-refractivity contribution in [3.05, 3.63) is 30.1 Å². The molecule has 1 aromatic rings. The van der Waals surface area contributed by atoms with Gasteiger partial charge in [-0.3, -0.25) is 9.78 Å². The van der Waals surface area contributed by atoms with Crippen LogP contribution in [0, 0.1) is 5.92 Å². The van der Waals surface area contributed by atoms with Crippen LogP contribution in [-0.2, 0) is 25.7 Å². The van der Waals surface area contributed by atoms with Crippen LogP contribution in [0.25, 0.3) is 0 Å². The number of rotatable bonds is 4. The Hall–Kier alpha value is -2.20. The minimum Gasteiger partial charge on any atom is -0.475 e. The summed E-state index contributed by atoms with van der Waals surface area (Å²) in [5, 5.41) is 7.12. The van der Waals surface area contributed by atoms with Gasteiger partial charge in [-0.15, -0.1) is 0 Å². The Kier molecular flexibility index (Phi) is 7.30. The summed E-state index contributed by atoms with van der Waals surface area (Å²) in [6.45, 7) is 2.00. The molecule has 0 aromatic carbocycles. The molecule has 2 saturated heterocycles. The third kappa shape index (κ3) is 5.48. The molecule has 1 aliphatic carbocycles. The number of alkyl halides is 3. The van der Waals surface area contributed by atoms with Gasteiger partial charge in [-0.1, -0.05) is 6.42 Å². The fraction of sp³-hybridized carbons (Fsp3) is 0.650. The van der Waals surface area contributed by atoms with Crippen LogP contribution in [0.2, 0.25) is 0 Å². The number of fused-ring (bicyclic) bond motifs is 1. The van der Waals surface area contributed by atoms with Crippen molar-refractivity contribution in [2.75, 3.05) is 13.2 Å². The first kappa shape index (κ1) is 22.5. The third-order valence-corrected chi connectivity index (χ3v) is 5.67. The number of halogens is 3. The van der Waals surface area contributed by atoms with Crippen LogP contribution < -0.4 is 0 Å². The minimum atomic E-state index is -5.08. The second-order valence-corrected chi connectivity index (χ2v) is 7.67. The number of nitrogens with zero attached hydrogens (tertiary/aromatic N) is 2. The zero-order valence-electron chi connectivity index (χ0n) is 16.4. The lowest BCUT2D eigenvalue weighted by molar-refractivity contribution is -0.192.